The molecule has 0 radical (unpaired) electrons. The quantitative estimate of drug-likeness (QED) is 0.830. The van der Waals surface area contributed by atoms with Gasteiger partial charge in [-0.25, -0.2) is 0 Å². The maximum absolute atomic E-state index is 5.88. The summed E-state index contributed by atoms with van der Waals surface area (Å²) in [6, 6.07) is 11.7. The number of halogens is 1. The normalized spacial score (nSPS) is 10.3. The van der Waals surface area contributed by atoms with Crippen LogP contribution in [0.5, 0.6) is 11.5 Å². The van der Waals surface area contributed by atoms with Gasteiger partial charge in [-0.3, -0.25) is 0 Å². The summed E-state index contributed by atoms with van der Waals surface area (Å²) in [5.41, 5.74) is 8.82. The standard InChI is InChI=1S/C14H14BrNO/c1-9-4-6-13(11(15)7-9)17-14-8-10(2)3-5-12(14)16/h3-8H,16H2,1-2H3. The third-order valence-corrected chi connectivity index (χ3v) is 3.10. The van der Waals surface area contributed by atoms with Gasteiger partial charge in [-0.15, -0.1) is 0 Å². The lowest BCUT2D eigenvalue weighted by Crippen LogP contribution is -1.93. The number of nitrogens with two attached hydrogens (primary N) is 1. The molecule has 0 fully saturated rings. The van der Waals surface area contributed by atoms with E-state index < -0.39 is 0 Å². The van der Waals surface area contributed by atoms with Crippen molar-refractivity contribution in [2.45, 2.75) is 13.8 Å². The third-order valence-electron chi connectivity index (χ3n) is 2.48. The molecule has 0 saturated heterocycles. The molecule has 0 atom stereocenters. The monoisotopic (exact) mass is 291 g/mol. The lowest BCUT2D eigenvalue weighted by atomic mass is 10.2. The van der Waals surface area contributed by atoms with Crippen LogP contribution in [0.25, 0.3) is 0 Å². The van der Waals surface area contributed by atoms with Gasteiger partial charge in [0.2, 0.25) is 0 Å². The zero-order chi connectivity index (χ0) is 12.4. The van der Waals surface area contributed by atoms with Crippen LogP contribution in [0, 0.1) is 13.8 Å². The van der Waals surface area contributed by atoms with Gasteiger partial charge < -0.3 is 10.5 Å². The fourth-order valence-electron chi connectivity index (χ4n) is 1.54. The average molecular weight is 292 g/mol. The Labute approximate surface area is 110 Å². The Hall–Kier alpha value is -1.48. The van der Waals surface area contributed by atoms with E-state index in [1.54, 1.807) is 0 Å². The molecule has 2 aromatic carbocycles. The van der Waals surface area contributed by atoms with Crippen molar-refractivity contribution in [3.63, 3.8) is 0 Å². The Balaban J connectivity index is 2.34. The van der Waals surface area contributed by atoms with E-state index in [4.69, 9.17) is 10.5 Å². The van der Waals surface area contributed by atoms with Crippen molar-refractivity contribution in [3.8, 4) is 11.5 Å². The number of ether oxygens (including phenoxy) is 1. The van der Waals surface area contributed by atoms with Crippen LogP contribution >= 0.6 is 15.9 Å². The summed E-state index contributed by atoms with van der Waals surface area (Å²) in [4.78, 5) is 0. The first-order valence-corrected chi connectivity index (χ1v) is 6.15. The molecule has 2 rings (SSSR count). The number of hydrogen-bond donors (Lipinski definition) is 1. The second-order valence-electron chi connectivity index (χ2n) is 4.08. The Morgan fingerprint density at radius 3 is 2.29 bits per heavy atom. The number of nitrogen functional groups attached to an aromatic ring is 1. The Morgan fingerprint density at radius 2 is 1.59 bits per heavy atom. The van der Waals surface area contributed by atoms with Gasteiger partial charge in [0.25, 0.3) is 0 Å². The van der Waals surface area contributed by atoms with Crippen LogP contribution in [0.15, 0.2) is 40.9 Å². The van der Waals surface area contributed by atoms with E-state index in [2.05, 4.69) is 15.9 Å². The van der Waals surface area contributed by atoms with Crippen LogP contribution < -0.4 is 10.5 Å². The molecule has 0 heterocycles. The molecule has 2 nitrogen and oxygen atoms in total. The number of hydrogen-bond acceptors (Lipinski definition) is 2. The summed E-state index contributed by atoms with van der Waals surface area (Å²) in [5.74, 6) is 1.46. The molecule has 2 aromatic rings. The Kier molecular flexibility index (Phi) is 3.38. The zero-order valence-electron chi connectivity index (χ0n) is 9.83. The van der Waals surface area contributed by atoms with E-state index in [1.165, 1.54) is 5.56 Å². The SMILES string of the molecule is Cc1ccc(Oc2cc(C)ccc2N)c(Br)c1. The molecular formula is C14H14BrNO. The largest absolute Gasteiger partial charge is 0.454 e. The number of aryl methyl sites for hydroxylation is 2. The summed E-state index contributed by atoms with van der Waals surface area (Å²) >= 11 is 3.48. The fourth-order valence-corrected chi connectivity index (χ4v) is 2.11. The number of rotatable bonds is 2. The van der Waals surface area contributed by atoms with Gasteiger partial charge in [0.1, 0.15) is 5.75 Å². The van der Waals surface area contributed by atoms with Crippen molar-refractivity contribution in [2.24, 2.45) is 0 Å². The molecular weight excluding hydrogens is 278 g/mol. The van der Waals surface area contributed by atoms with Gasteiger partial charge in [-0.1, -0.05) is 12.1 Å². The first kappa shape index (κ1) is 12.0. The molecule has 0 aliphatic carbocycles. The van der Waals surface area contributed by atoms with Crippen molar-refractivity contribution < 1.29 is 4.74 Å². The first-order chi connectivity index (χ1) is 8.06. The maximum atomic E-state index is 5.88. The van der Waals surface area contributed by atoms with Crippen LogP contribution in [0.3, 0.4) is 0 Å². The molecule has 0 aliphatic heterocycles. The average Bonchev–Trinajstić information content (AvgIpc) is 2.27. The summed E-state index contributed by atoms with van der Waals surface area (Å²) in [6.07, 6.45) is 0. The van der Waals surface area contributed by atoms with Crippen molar-refractivity contribution in [1.29, 1.82) is 0 Å². The van der Waals surface area contributed by atoms with Crippen molar-refractivity contribution >= 4 is 21.6 Å². The van der Waals surface area contributed by atoms with Gasteiger partial charge in [0, 0.05) is 0 Å². The van der Waals surface area contributed by atoms with Crippen molar-refractivity contribution in [2.75, 3.05) is 5.73 Å². The van der Waals surface area contributed by atoms with Gasteiger partial charge in [-0.05, 0) is 65.2 Å². The van der Waals surface area contributed by atoms with Crippen LogP contribution in [0.1, 0.15) is 11.1 Å². The van der Waals surface area contributed by atoms with E-state index >= 15 is 0 Å². The second-order valence-corrected chi connectivity index (χ2v) is 4.93. The molecule has 88 valence electrons. The first-order valence-electron chi connectivity index (χ1n) is 5.36. The van der Waals surface area contributed by atoms with Crippen LogP contribution in [-0.2, 0) is 0 Å². The van der Waals surface area contributed by atoms with Gasteiger partial charge >= 0.3 is 0 Å². The fraction of sp³-hybridized carbons (Fsp3) is 0.143. The van der Waals surface area contributed by atoms with E-state index in [1.807, 2.05) is 50.2 Å². The molecule has 0 bridgehead atoms. The summed E-state index contributed by atoms with van der Waals surface area (Å²) in [6.45, 7) is 4.05. The zero-order valence-corrected chi connectivity index (χ0v) is 11.4. The lowest BCUT2D eigenvalue weighted by Gasteiger charge is -2.11. The van der Waals surface area contributed by atoms with E-state index in [0.717, 1.165) is 15.8 Å². The summed E-state index contributed by atoms with van der Waals surface area (Å²) in [7, 11) is 0. The maximum Gasteiger partial charge on any atom is 0.150 e. The van der Waals surface area contributed by atoms with Crippen LogP contribution in [-0.4, -0.2) is 0 Å². The molecule has 0 saturated carbocycles. The lowest BCUT2D eigenvalue weighted by molar-refractivity contribution is 0.481. The Bertz CT molecular complexity index is 552. The number of benzene rings is 2. The molecule has 0 spiro atoms. The van der Waals surface area contributed by atoms with Gasteiger partial charge in [0.15, 0.2) is 5.75 Å². The minimum absolute atomic E-state index is 0.642. The van der Waals surface area contributed by atoms with Gasteiger partial charge in [0.05, 0.1) is 10.2 Å². The molecule has 2 N–H and O–H groups in total. The highest BCUT2D eigenvalue weighted by atomic mass is 79.9. The highest BCUT2D eigenvalue weighted by Crippen LogP contribution is 2.33. The molecule has 0 unspecified atom stereocenters. The smallest absolute Gasteiger partial charge is 0.150 e. The summed E-state index contributed by atoms with van der Waals surface area (Å²) < 4.78 is 6.73. The van der Waals surface area contributed by atoms with Crippen molar-refractivity contribution in [1.82, 2.24) is 0 Å². The predicted octanol–water partition coefficient (Wildman–Crippen LogP) is 4.44. The topological polar surface area (TPSA) is 35.2 Å². The van der Waals surface area contributed by atoms with Gasteiger partial charge in [-0.2, -0.15) is 0 Å². The second kappa shape index (κ2) is 4.80. The van der Waals surface area contributed by atoms with Crippen molar-refractivity contribution in [3.05, 3.63) is 52.0 Å². The molecule has 0 aliphatic rings. The minimum Gasteiger partial charge on any atom is -0.454 e. The highest BCUT2D eigenvalue weighted by Gasteiger charge is 2.06. The molecule has 3 heteroatoms. The Morgan fingerprint density at radius 1 is 0.941 bits per heavy atom. The van der Waals surface area contributed by atoms with E-state index in [0.29, 0.717) is 11.4 Å². The number of anilines is 1. The highest BCUT2D eigenvalue weighted by molar-refractivity contribution is 9.10. The predicted molar refractivity (Wildman–Crippen MR) is 74.5 cm³/mol. The van der Waals surface area contributed by atoms with Crippen LogP contribution in [0.4, 0.5) is 5.69 Å². The molecule has 0 amide bonds. The minimum atomic E-state index is 0.642. The third kappa shape index (κ3) is 2.80. The van der Waals surface area contributed by atoms with E-state index in [-0.39, 0.29) is 0 Å². The van der Waals surface area contributed by atoms with Crippen LogP contribution in [0.2, 0.25) is 0 Å². The molecule has 0 aromatic heterocycles. The molecule has 17 heavy (non-hydrogen) atoms. The van der Waals surface area contributed by atoms with E-state index in [9.17, 15) is 0 Å². The summed E-state index contributed by atoms with van der Waals surface area (Å²) in [5, 5.41) is 0.